The number of carbonyl (C=O) groups is 2. The summed E-state index contributed by atoms with van der Waals surface area (Å²) in [6.45, 7) is 8.40. The zero-order chi connectivity index (χ0) is 23.4. The van der Waals surface area contributed by atoms with Crippen molar-refractivity contribution in [1.82, 2.24) is 10.2 Å². The van der Waals surface area contributed by atoms with Gasteiger partial charge in [-0.3, -0.25) is 9.59 Å². The van der Waals surface area contributed by atoms with Crippen molar-refractivity contribution >= 4 is 22.8 Å². The second kappa shape index (κ2) is 9.69. The van der Waals surface area contributed by atoms with E-state index >= 15 is 0 Å². The van der Waals surface area contributed by atoms with Gasteiger partial charge in [-0.05, 0) is 54.0 Å². The lowest BCUT2D eigenvalue weighted by Gasteiger charge is -2.31. The van der Waals surface area contributed by atoms with Crippen molar-refractivity contribution in [2.45, 2.75) is 39.0 Å². The molecular weight excluding hydrogens is 416 g/mol. The maximum absolute atomic E-state index is 12.8. The number of benzene rings is 2. The van der Waals surface area contributed by atoms with E-state index in [1.165, 1.54) is 5.56 Å². The van der Waals surface area contributed by atoms with E-state index in [1.54, 1.807) is 6.07 Å². The van der Waals surface area contributed by atoms with Crippen LogP contribution in [0.25, 0.3) is 11.0 Å². The number of ether oxygens (including phenoxy) is 1. The van der Waals surface area contributed by atoms with Crippen molar-refractivity contribution < 1.29 is 18.7 Å². The van der Waals surface area contributed by atoms with Crippen LogP contribution in [0.4, 0.5) is 0 Å². The summed E-state index contributed by atoms with van der Waals surface area (Å²) in [7, 11) is 0. The number of nitrogens with zero attached hydrogens (tertiary/aromatic N) is 1. The van der Waals surface area contributed by atoms with Gasteiger partial charge < -0.3 is 19.4 Å². The Morgan fingerprint density at radius 3 is 2.42 bits per heavy atom. The normalized spacial score (nSPS) is 14.9. The molecule has 6 nitrogen and oxygen atoms in total. The predicted molar refractivity (Wildman–Crippen MR) is 128 cm³/mol. The maximum Gasteiger partial charge on any atom is 0.289 e. The molecule has 0 atom stereocenters. The molecule has 1 saturated heterocycles. The van der Waals surface area contributed by atoms with E-state index in [0.29, 0.717) is 37.1 Å². The summed E-state index contributed by atoms with van der Waals surface area (Å²) < 4.78 is 11.3. The molecule has 0 spiro atoms. The molecule has 1 aliphatic heterocycles. The lowest BCUT2D eigenvalue weighted by Crippen LogP contribution is -2.42. The first-order valence-electron chi connectivity index (χ1n) is 11.6. The molecule has 1 fully saturated rings. The molecule has 0 saturated carbocycles. The minimum atomic E-state index is -0.129. The molecule has 174 valence electrons. The van der Waals surface area contributed by atoms with E-state index in [-0.39, 0.29) is 23.8 Å². The summed E-state index contributed by atoms with van der Waals surface area (Å²) in [4.78, 5) is 26.8. The molecule has 0 bridgehead atoms. The topological polar surface area (TPSA) is 71.8 Å². The van der Waals surface area contributed by atoms with Crippen LogP contribution in [0, 0.1) is 5.92 Å². The van der Waals surface area contributed by atoms with Gasteiger partial charge in [-0.1, -0.05) is 51.1 Å². The first kappa shape index (κ1) is 22.9. The first-order valence-corrected chi connectivity index (χ1v) is 11.6. The van der Waals surface area contributed by atoms with Crippen LogP contribution < -0.4 is 10.1 Å². The number of amides is 2. The summed E-state index contributed by atoms with van der Waals surface area (Å²) in [6, 6.07) is 17.3. The molecule has 33 heavy (non-hydrogen) atoms. The predicted octanol–water partition coefficient (Wildman–Crippen LogP) is 4.78. The Labute approximate surface area is 194 Å². The van der Waals surface area contributed by atoms with E-state index in [9.17, 15) is 9.59 Å². The zero-order valence-corrected chi connectivity index (χ0v) is 19.6. The highest BCUT2D eigenvalue weighted by Gasteiger charge is 2.26. The van der Waals surface area contributed by atoms with Crippen LogP contribution >= 0.6 is 0 Å². The van der Waals surface area contributed by atoms with Crippen LogP contribution in [0.5, 0.6) is 5.75 Å². The second-order valence-electron chi connectivity index (χ2n) is 9.75. The third kappa shape index (κ3) is 5.75. The second-order valence-corrected chi connectivity index (χ2v) is 9.75. The minimum Gasteiger partial charge on any atom is -0.484 e. The van der Waals surface area contributed by atoms with Gasteiger partial charge in [0.05, 0.1) is 0 Å². The molecule has 4 rings (SSSR count). The molecule has 0 radical (unpaired) electrons. The minimum absolute atomic E-state index is 0.00174. The number of nitrogens with one attached hydrogen (secondary N) is 1. The smallest absolute Gasteiger partial charge is 0.289 e. The van der Waals surface area contributed by atoms with Crippen molar-refractivity contribution in [2.24, 2.45) is 5.92 Å². The van der Waals surface area contributed by atoms with Crippen molar-refractivity contribution in [3.05, 3.63) is 65.9 Å². The standard InChI is InChI=1S/C27H32N2O4/c1-27(2,3)21-8-10-22(11-9-21)32-18-25(30)28-17-19-12-14-29(15-13-19)26(31)24-16-20-6-4-5-7-23(20)33-24/h4-11,16,19H,12-15,17-18H2,1-3H3,(H,28,30). The summed E-state index contributed by atoms with van der Waals surface area (Å²) in [5, 5.41) is 3.90. The molecular formula is C27H32N2O4. The Kier molecular flexibility index (Phi) is 6.72. The van der Waals surface area contributed by atoms with Crippen molar-refractivity contribution in [3.63, 3.8) is 0 Å². The molecule has 2 aromatic carbocycles. The van der Waals surface area contributed by atoms with Crippen LogP contribution in [0.15, 0.2) is 59.0 Å². The molecule has 2 amide bonds. The molecule has 3 aromatic rings. The number of likely N-dealkylation sites (tertiary alicyclic amines) is 1. The molecule has 1 N–H and O–H groups in total. The third-order valence-electron chi connectivity index (χ3n) is 6.22. The number of hydrogen-bond acceptors (Lipinski definition) is 4. The van der Waals surface area contributed by atoms with E-state index in [4.69, 9.17) is 9.15 Å². The summed E-state index contributed by atoms with van der Waals surface area (Å²) in [6.07, 6.45) is 1.70. The highest BCUT2D eigenvalue weighted by molar-refractivity contribution is 5.96. The van der Waals surface area contributed by atoms with Gasteiger partial charge in [0.1, 0.15) is 11.3 Å². The Hall–Kier alpha value is -3.28. The lowest BCUT2D eigenvalue weighted by molar-refractivity contribution is -0.123. The van der Waals surface area contributed by atoms with Gasteiger partial charge in [0.15, 0.2) is 12.4 Å². The average Bonchev–Trinajstić information content (AvgIpc) is 3.25. The van der Waals surface area contributed by atoms with E-state index in [1.807, 2.05) is 53.4 Å². The Morgan fingerprint density at radius 2 is 1.76 bits per heavy atom. The average molecular weight is 449 g/mol. The van der Waals surface area contributed by atoms with Gasteiger partial charge in [-0.15, -0.1) is 0 Å². The van der Waals surface area contributed by atoms with Gasteiger partial charge in [0.25, 0.3) is 11.8 Å². The van der Waals surface area contributed by atoms with Crippen LogP contribution in [0.3, 0.4) is 0 Å². The Bertz CT molecular complexity index is 1070. The number of carbonyl (C=O) groups excluding carboxylic acids is 2. The third-order valence-corrected chi connectivity index (χ3v) is 6.22. The van der Waals surface area contributed by atoms with Crippen molar-refractivity contribution in [2.75, 3.05) is 26.2 Å². The van der Waals surface area contributed by atoms with E-state index < -0.39 is 0 Å². The Morgan fingerprint density at radius 1 is 1.06 bits per heavy atom. The number of rotatable bonds is 6. The summed E-state index contributed by atoms with van der Waals surface area (Å²) in [5.41, 5.74) is 2.04. The van der Waals surface area contributed by atoms with Gasteiger partial charge in [0.2, 0.25) is 0 Å². The monoisotopic (exact) mass is 448 g/mol. The number of furan rings is 1. The van der Waals surface area contributed by atoms with Crippen LogP contribution in [0.1, 0.15) is 49.7 Å². The fourth-order valence-corrected chi connectivity index (χ4v) is 4.09. The fraction of sp³-hybridized carbons (Fsp3) is 0.407. The number of hydrogen-bond donors (Lipinski definition) is 1. The molecule has 2 heterocycles. The molecule has 0 aliphatic carbocycles. The van der Waals surface area contributed by atoms with E-state index in [0.717, 1.165) is 23.8 Å². The van der Waals surface area contributed by atoms with Crippen molar-refractivity contribution in [3.8, 4) is 5.75 Å². The number of fused-ring (bicyclic) bond motifs is 1. The summed E-state index contributed by atoms with van der Waals surface area (Å²) >= 11 is 0. The fourth-order valence-electron chi connectivity index (χ4n) is 4.09. The van der Waals surface area contributed by atoms with Gasteiger partial charge in [-0.2, -0.15) is 0 Å². The molecule has 6 heteroatoms. The van der Waals surface area contributed by atoms with Gasteiger partial charge >= 0.3 is 0 Å². The first-order chi connectivity index (χ1) is 15.8. The molecule has 0 unspecified atom stereocenters. The lowest BCUT2D eigenvalue weighted by atomic mass is 9.87. The van der Waals surface area contributed by atoms with Crippen LogP contribution in [-0.4, -0.2) is 43.0 Å². The maximum atomic E-state index is 12.8. The quantitative estimate of drug-likeness (QED) is 0.589. The SMILES string of the molecule is CC(C)(C)c1ccc(OCC(=O)NCC2CCN(C(=O)c3cc4ccccc4o3)CC2)cc1. The van der Waals surface area contributed by atoms with Gasteiger partial charge in [0, 0.05) is 25.0 Å². The Balaban J connectivity index is 1.18. The number of para-hydroxylation sites is 1. The van der Waals surface area contributed by atoms with Gasteiger partial charge in [-0.25, -0.2) is 0 Å². The molecule has 1 aromatic heterocycles. The highest BCUT2D eigenvalue weighted by atomic mass is 16.5. The van der Waals surface area contributed by atoms with Crippen molar-refractivity contribution in [1.29, 1.82) is 0 Å². The van der Waals surface area contributed by atoms with Crippen LogP contribution in [0.2, 0.25) is 0 Å². The highest BCUT2D eigenvalue weighted by Crippen LogP contribution is 2.25. The molecule has 1 aliphatic rings. The zero-order valence-electron chi connectivity index (χ0n) is 19.6. The number of piperidine rings is 1. The summed E-state index contributed by atoms with van der Waals surface area (Å²) in [5.74, 6) is 1.22. The van der Waals surface area contributed by atoms with E-state index in [2.05, 4.69) is 26.1 Å². The van der Waals surface area contributed by atoms with Crippen LogP contribution in [-0.2, 0) is 10.2 Å². The largest absolute Gasteiger partial charge is 0.484 e.